The number of imidazole rings is 1. The maximum absolute atomic E-state index is 13.1. The van der Waals surface area contributed by atoms with Gasteiger partial charge >= 0.3 is 0 Å². The number of aromatic nitrogens is 5. The number of anilines is 4. The number of carbonyl (C=O) groups excluding carboxylic acids is 5. The molecule has 8 N–H and O–H groups in total. The minimum absolute atomic E-state index is 0.0186. The molecule has 0 aromatic carbocycles. The van der Waals surface area contributed by atoms with Crippen LogP contribution in [-0.2, 0) is 33.0 Å². The van der Waals surface area contributed by atoms with E-state index in [1.54, 1.807) is 51.3 Å². The van der Waals surface area contributed by atoms with Crippen LogP contribution in [0.15, 0.2) is 54.0 Å². The first-order valence-electron chi connectivity index (χ1n) is 13.9. The maximum Gasteiger partial charge on any atom is 0.291 e. The highest BCUT2D eigenvalue weighted by Gasteiger charge is 2.21. The Kier molecular flexibility index (Phi) is 10.1. The van der Waals surface area contributed by atoms with Gasteiger partial charge in [0.1, 0.15) is 17.1 Å². The van der Waals surface area contributed by atoms with Gasteiger partial charge in [0.05, 0.1) is 27.4 Å². The van der Waals surface area contributed by atoms with Gasteiger partial charge in [-0.3, -0.25) is 29.4 Å². The summed E-state index contributed by atoms with van der Waals surface area (Å²) in [6, 6.07) is 4.50. The lowest BCUT2D eigenvalue weighted by molar-refractivity contribution is -0.112. The smallest absolute Gasteiger partial charge is 0.291 e. The van der Waals surface area contributed by atoms with Crippen LogP contribution in [0.2, 0.25) is 0 Å². The molecule has 0 atom stereocenters. The molecule has 0 saturated carbocycles. The van der Waals surface area contributed by atoms with E-state index in [0.717, 1.165) is 0 Å². The predicted octanol–water partition coefficient (Wildman–Crippen LogP) is 2.10. The summed E-state index contributed by atoms with van der Waals surface area (Å²) in [5.74, 6) is -2.28. The first-order chi connectivity index (χ1) is 22.1. The molecular formula is C29H33BrN12O5. The Labute approximate surface area is 276 Å². The van der Waals surface area contributed by atoms with Gasteiger partial charge in [0.15, 0.2) is 5.82 Å². The number of hydrogen-bond acceptors (Lipinski definition) is 7. The van der Waals surface area contributed by atoms with Crippen LogP contribution in [0.4, 0.5) is 22.9 Å². The third-order valence-corrected chi connectivity index (χ3v) is 7.09. The van der Waals surface area contributed by atoms with Crippen molar-refractivity contribution >= 4 is 74.2 Å². The second-order valence-corrected chi connectivity index (χ2v) is 11.4. The lowest BCUT2D eigenvalue weighted by atomic mass is 10.3. The topological polar surface area (TPSA) is 228 Å². The Morgan fingerprint density at radius 1 is 0.745 bits per heavy atom. The van der Waals surface area contributed by atoms with Crippen LogP contribution in [0, 0.1) is 5.41 Å². The summed E-state index contributed by atoms with van der Waals surface area (Å²) in [5.41, 5.74) is 7.14. The normalized spacial score (nSPS) is 10.7. The molecule has 17 nitrogen and oxygen atoms in total. The predicted molar refractivity (Wildman–Crippen MR) is 179 cm³/mol. The van der Waals surface area contributed by atoms with Gasteiger partial charge < -0.3 is 50.6 Å². The summed E-state index contributed by atoms with van der Waals surface area (Å²) >= 11 is 2.98. The van der Waals surface area contributed by atoms with Crippen LogP contribution >= 0.6 is 15.9 Å². The number of nitrogens with two attached hydrogens (primary N) is 1. The molecule has 0 bridgehead atoms. The van der Waals surface area contributed by atoms with E-state index in [1.165, 1.54) is 38.1 Å². The van der Waals surface area contributed by atoms with E-state index in [2.05, 4.69) is 54.1 Å². The molecule has 0 aliphatic heterocycles. The Bertz CT molecular complexity index is 1930. The van der Waals surface area contributed by atoms with Crippen molar-refractivity contribution < 1.29 is 24.0 Å². The van der Waals surface area contributed by atoms with Crippen molar-refractivity contribution in [3.8, 4) is 0 Å². The van der Waals surface area contributed by atoms with E-state index in [1.807, 2.05) is 0 Å². The average Bonchev–Trinajstić information content (AvgIpc) is 3.73. The van der Waals surface area contributed by atoms with Crippen LogP contribution in [0.1, 0.15) is 48.5 Å². The number of amidine groups is 1. The second kappa shape index (κ2) is 14.0. The Morgan fingerprint density at radius 2 is 1.19 bits per heavy atom. The van der Waals surface area contributed by atoms with Gasteiger partial charge in [0.25, 0.3) is 29.5 Å². The maximum atomic E-state index is 13.1. The first kappa shape index (κ1) is 34.0. The minimum Gasteiger partial charge on any atom is -0.388 e. The average molecular weight is 710 g/mol. The third kappa shape index (κ3) is 8.23. The fraction of sp³-hybridized carbons (Fsp3) is 0.207. The van der Waals surface area contributed by atoms with E-state index in [9.17, 15) is 24.0 Å². The Hall–Kier alpha value is -5.91. The van der Waals surface area contributed by atoms with Crippen molar-refractivity contribution in [2.75, 3.05) is 27.8 Å². The van der Waals surface area contributed by atoms with Crippen molar-refractivity contribution in [1.29, 1.82) is 5.41 Å². The van der Waals surface area contributed by atoms with Crippen LogP contribution in [0.5, 0.6) is 0 Å². The second-order valence-electron chi connectivity index (χ2n) is 10.5. The number of halogens is 1. The molecule has 0 fully saturated rings. The van der Waals surface area contributed by atoms with Gasteiger partial charge in [-0.2, -0.15) is 0 Å². The number of hydrogen-bond donors (Lipinski definition) is 7. The number of rotatable bonds is 12. The quantitative estimate of drug-likeness (QED) is 0.0658. The zero-order chi connectivity index (χ0) is 34.6. The molecule has 4 rings (SSSR count). The standard InChI is InChI=1S/C29H33BrN12O5/c1-15(30)25(43)38-23-14-42(5)24(37-23)29(47)36-18-10-21(41(4)13-18)28(46)35-17-9-20(40(3)12-17)27(45)34-16-8-19(39(2)11-16)26(44)33-7-6-22(31)32/h8-14H,1,6-7H2,2-5H3,(H3,31,32)(H,33,44)(H,34,45)(H,35,46)(H,36,47)(H,38,43). The van der Waals surface area contributed by atoms with Crippen molar-refractivity contribution in [2.24, 2.45) is 33.9 Å². The lowest BCUT2D eigenvalue weighted by Crippen LogP contribution is -2.28. The largest absolute Gasteiger partial charge is 0.388 e. The van der Waals surface area contributed by atoms with Crippen molar-refractivity contribution in [1.82, 2.24) is 28.6 Å². The highest BCUT2D eigenvalue weighted by Crippen LogP contribution is 2.20. The monoisotopic (exact) mass is 708 g/mol. The number of carbonyl (C=O) groups is 5. The minimum atomic E-state index is -0.568. The van der Waals surface area contributed by atoms with Crippen LogP contribution < -0.4 is 32.3 Å². The van der Waals surface area contributed by atoms with E-state index in [0.29, 0.717) is 22.8 Å². The van der Waals surface area contributed by atoms with Crippen LogP contribution in [0.25, 0.3) is 0 Å². The van der Waals surface area contributed by atoms with Gasteiger partial charge in [0.2, 0.25) is 5.82 Å². The third-order valence-electron chi connectivity index (χ3n) is 6.73. The summed E-state index contributed by atoms with van der Waals surface area (Å²) < 4.78 is 6.16. The zero-order valence-electron chi connectivity index (χ0n) is 25.9. The summed E-state index contributed by atoms with van der Waals surface area (Å²) in [6.45, 7) is 3.70. The Balaban J connectivity index is 1.38. The van der Waals surface area contributed by atoms with E-state index < -0.39 is 23.6 Å². The van der Waals surface area contributed by atoms with E-state index in [-0.39, 0.29) is 52.2 Å². The molecule has 0 unspecified atom stereocenters. The molecule has 0 aliphatic rings. The number of amides is 5. The molecular weight excluding hydrogens is 676 g/mol. The lowest BCUT2D eigenvalue weighted by Gasteiger charge is -2.04. The van der Waals surface area contributed by atoms with Crippen LogP contribution in [-0.4, -0.2) is 65.2 Å². The molecule has 4 aromatic heterocycles. The first-order valence-corrected chi connectivity index (χ1v) is 14.7. The molecule has 5 amide bonds. The van der Waals surface area contributed by atoms with Gasteiger partial charge in [-0.25, -0.2) is 4.98 Å². The summed E-state index contributed by atoms with van der Waals surface area (Å²) in [5, 5.41) is 20.6. The van der Waals surface area contributed by atoms with E-state index >= 15 is 0 Å². The molecule has 4 heterocycles. The summed E-state index contributed by atoms with van der Waals surface area (Å²) in [7, 11) is 6.53. The van der Waals surface area contributed by atoms with Gasteiger partial charge in [0, 0.05) is 65.9 Å². The van der Waals surface area contributed by atoms with Gasteiger partial charge in [-0.15, -0.1) is 0 Å². The molecule has 18 heteroatoms. The highest BCUT2D eigenvalue weighted by molar-refractivity contribution is 9.12. The fourth-order valence-electron chi connectivity index (χ4n) is 4.48. The molecule has 47 heavy (non-hydrogen) atoms. The molecule has 0 saturated heterocycles. The molecule has 246 valence electrons. The molecule has 0 radical (unpaired) electrons. The van der Waals surface area contributed by atoms with Crippen molar-refractivity contribution in [3.05, 3.63) is 77.0 Å². The van der Waals surface area contributed by atoms with Gasteiger partial charge in [-0.05, 0) is 34.1 Å². The SMILES string of the molecule is C=C(Br)C(=O)Nc1cn(C)c(C(=O)Nc2cc(C(=O)Nc3cc(C(=O)Nc4cc(C(=O)NCCC(=N)N)n(C)c4)n(C)c3)n(C)c2)n1. The Morgan fingerprint density at radius 3 is 1.64 bits per heavy atom. The molecule has 0 aliphatic carbocycles. The molecule has 4 aromatic rings. The van der Waals surface area contributed by atoms with Crippen molar-refractivity contribution in [2.45, 2.75) is 6.42 Å². The van der Waals surface area contributed by atoms with E-state index in [4.69, 9.17) is 11.1 Å². The fourth-order valence-corrected chi connectivity index (χ4v) is 4.58. The number of aryl methyl sites for hydroxylation is 4. The number of nitrogens with one attached hydrogen (secondary N) is 6. The zero-order valence-corrected chi connectivity index (χ0v) is 27.5. The van der Waals surface area contributed by atoms with Crippen LogP contribution in [0.3, 0.4) is 0 Å². The highest BCUT2D eigenvalue weighted by atomic mass is 79.9. The molecule has 0 spiro atoms. The van der Waals surface area contributed by atoms with Crippen molar-refractivity contribution in [3.63, 3.8) is 0 Å². The summed E-state index contributed by atoms with van der Waals surface area (Å²) in [6.07, 6.45) is 6.40. The number of nitrogens with zero attached hydrogens (tertiary/aromatic N) is 5. The summed E-state index contributed by atoms with van der Waals surface area (Å²) in [4.78, 5) is 67.5. The van der Waals surface area contributed by atoms with Gasteiger partial charge in [-0.1, -0.05) is 6.58 Å².